The van der Waals surface area contributed by atoms with Crippen molar-refractivity contribution in [3.63, 3.8) is 0 Å². The second-order valence-corrected chi connectivity index (χ2v) is 7.67. The van der Waals surface area contributed by atoms with Crippen molar-refractivity contribution in [2.45, 2.75) is 38.5 Å². The van der Waals surface area contributed by atoms with Gasteiger partial charge in [-0.3, -0.25) is 4.99 Å². The summed E-state index contributed by atoms with van der Waals surface area (Å²) in [5.41, 5.74) is 4.99. The van der Waals surface area contributed by atoms with Crippen LogP contribution >= 0.6 is 24.0 Å². The van der Waals surface area contributed by atoms with E-state index in [-0.39, 0.29) is 29.4 Å². The normalized spacial score (nSPS) is 15.0. The molecule has 6 heteroatoms. The Morgan fingerprint density at radius 3 is 2.62 bits per heavy atom. The fraction of sp³-hybridized carbons (Fsp3) is 0.391. The van der Waals surface area contributed by atoms with Gasteiger partial charge in [0.1, 0.15) is 5.65 Å². The second kappa shape index (κ2) is 9.61. The van der Waals surface area contributed by atoms with Crippen LogP contribution in [-0.4, -0.2) is 35.0 Å². The highest BCUT2D eigenvalue weighted by molar-refractivity contribution is 14.0. The number of nitrogens with zero attached hydrogens (tertiary/aromatic N) is 3. The molecule has 29 heavy (non-hydrogen) atoms. The van der Waals surface area contributed by atoms with Crippen molar-refractivity contribution < 1.29 is 0 Å². The van der Waals surface area contributed by atoms with Crippen LogP contribution in [0.15, 0.2) is 59.9 Å². The molecule has 3 aromatic rings. The number of benzene rings is 1. The molecule has 0 saturated heterocycles. The molecule has 2 heterocycles. The first kappa shape index (κ1) is 21.6. The fourth-order valence-electron chi connectivity index (χ4n) is 3.69. The number of aliphatic imine (C=N–C) groups is 1. The number of halogens is 1. The molecule has 154 valence electrons. The van der Waals surface area contributed by atoms with Crippen LogP contribution in [0, 0.1) is 6.92 Å². The predicted molar refractivity (Wildman–Crippen MR) is 130 cm³/mol. The van der Waals surface area contributed by atoms with E-state index in [1.807, 2.05) is 0 Å². The molecule has 0 bridgehead atoms. The van der Waals surface area contributed by atoms with Gasteiger partial charge in [0.05, 0.1) is 12.2 Å². The summed E-state index contributed by atoms with van der Waals surface area (Å²) in [6, 6.07) is 14.9. The van der Waals surface area contributed by atoms with Crippen LogP contribution in [0.2, 0.25) is 0 Å². The molecule has 1 aliphatic carbocycles. The van der Waals surface area contributed by atoms with Gasteiger partial charge in [0.25, 0.3) is 0 Å². The van der Waals surface area contributed by atoms with Crippen LogP contribution in [-0.2, 0) is 11.8 Å². The molecule has 0 spiro atoms. The average Bonchev–Trinajstić information content (AvgIpc) is 3.39. The largest absolute Gasteiger partial charge is 0.357 e. The van der Waals surface area contributed by atoms with Gasteiger partial charge < -0.3 is 15.0 Å². The van der Waals surface area contributed by atoms with E-state index in [1.54, 1.807) is 0 Å². The third kappa shape index (κ3) is 5.10. The summed E-state index contributed by atoms with van der Waals surface area (Å²) in [4.78, 5) is 9.63. The minimum Gasteiger partial charge on any atom is -0.357 e. The van der Waals surface area contributed by atoms with Crippen molar-refractivity contribution in [1.29, 1.82) is 0 Å². The number of aryl methyl sites for hydroxylation is 1. The highest BCUT2D eigenvalue weighted by atomic mass is 127. The minimum atomic E-state index is 0. The van der Waals surface area contributed by atoms with Crippen LogP contribution in [0.1, 0.15) is 36.6 Å². The lowest BCUT2D eigenvalue weighted by Gasteiger charge is -2.15. The third-order valence-corrected chi connectivity index (χ3v) is 5.53. The fourth-order valence-corrected chi connectivity index (χ4v) is 3.69. The Balaban J connectivity index is 0.00000240. The number of hydrogen-bond donors (Lipinski definition) is 2. The van der Waals surface area contributed by atoms with Crippen molar-refractivity contribution in [1.82, 2.24) is 20.0 Å². The van der Waals surface area contributed by atoms with Gasteiger partial charge in [-0.05, 0) is 43.9 Å². The zero-order chi connectivity index (χ0) is 19.4. The first-order chi connectivity index (χ1) is 13.7. The van der Waals surface area contributed by atoms with Gasteiger partial charge in [-0.25, -0.2) is 4.98 Å². The molecule has 2 aromatic heterocycles. The van der Waals surface area contributed by atoms with Crippen LogP contribution in [0.3, 0.4) is 0 Å². The lowest BCUT2D eigenvalue weighted by molar-refractivity contribution is 0.691. The Hall–Kier alpha value is -2.09. The molecular formula is C23H30IN5. The van der Waals surface area contributed by atoms with Gasteiger partial charge in [-0.15, -0.1) is 24.0 Å². The molecule has 1 aliphatic rings. The van der Waals surface area contributed by atoms with Crippen molar-refractivity contribution in [2.75, 3.05) is 19.6 Å². The number of guanidine groups is 1. The van der Waals surface area contributed by atoms with Crippen LogP contribution in [0.4, 0.5) is 0 Å². The first-order valence-corrected chi connectivity index (χ1v) is 10.2. The number of imidazole rings is 1. The van der Waals surface area contributed by atoms with Crippen LogP contribution in [0.5, 0.6) is 0 Å². The van der Waals surface area contributed by atoms with Gasteiger partial charge in [0, 0.05) is 37.3 Å². The topological polar surface area (TPSA) is 53.7 Å². The van der Waals surface area contributed by atoms with Gasteiger partial charge in [-0.2, -0.15) is 0 Å². The van der Waals surface area contributed by atoms with Crippen molar-refractivity contribution in [3.05, 3.63) is 71.7 Å². The van der Waals surface area contributed by atoms with Crippen LogP contribution < -0.4 is 10.6 Å². The van der Waals surface area contributed by atoms with E-state index in [0.29, 0.717) is 0 Å². The average molecular weight is 503 g/mol. The van der Waals surface area contributed by atoms with Gasteiger partial charge >= 0.3 is 0 Å². The van der Waals surface area contributed by atoms with Crippen molar-refractivity contribution >= 4 is 35.6 Å². The van der Waals surface area contributed by atoms with Crippen LogP contribution in [0.25, 0.3) is 5.65 Å². The van der Waals surface area contributed by atoms with Gasteiger partial charge in [0.2, 0.25) is 0 Å². The Morgan fingerprint density at radius 1 is 1.14 bits per heavy atom. The number of nitrogens with one attached hydrogen (secondary N) is 2. The quantitative estimate of drug-likeness (QED) is 0.290. The predicted octanol–water partition coefficient (Wildman–Crippen LogP) is 4.09. The highest BCUT2D eigenvalue weighted by Crippen LogP contribution is 2.48. The lowest BCUT2D eigenvalue weighted by Crippen LogP contribution is -2.39. The minimum absolute atomic E-state index is 0. The zero-order valence-corrected chi connectivity index (χ0v) is 19.5. The molecule has 0 aliphatic heterocycles. The molecule has 5 nitrogen and oxygen atoms in total. The van der Waals surface area contributed by atoms with E-state index >= 15 is 0 Å². The van der Waals surface area contributed by atoms with E-state index in [0.717, 1.165) is 43.4 Å². The molecular weight excluding hydrogens is 473 g/mol. The second-order valence-electron chi connectivity index (χ2n) is 7.67. The lowest BCUT2D eigenvalue weighted by atomic mass is 9.96. The van der Waals surface area contributed by atoms with E-state index in [9.17, 15) is 0 Å². The molecule has 4 rings (SSSR count). The molecule has 0 unspecified atom stereocenters. The maximum Gasteiger partial charge on any atom is 0.191 e. The third-order valence-electron chi connectivity index (χ3n) is 5.53. The van der Waals surface area contributed by atoms with Gasteiger partial charge in [0.15, 0.2) is 5.96 Å². The number of aromatic nitrogens is 2. The highest BCUT2D eigenvalue weighted by Gasteiger charge is 2.43. The summed E-state index contributed by atoms with van der Waals surface area (Å²) < 4.78 is 2.10. The number of hydrogen-bond acceptors (Lipinski definition) is 2. The standard InChI is InChI=1S/C23H29N5.HI/c1-3-24-22(26-17-23(12-13-23)19-9-5-4-6-10-19)25-14-11-20-16-28-15-7-8-18(2)21(28)27-20;/h4-10,15-16H,3,11-14,17H2,1-2H3,(H2,24,25,26);1H. The zero-order valence-electron chi connectivity index (χ0n) is 17.2. The molecule has 0 amide bonds. The number of fused-ring (bicyclic) bond motifs is 1. The molecule has 0 radical (unpaired) electrons. The summed E-state index contributed by atoms with van der Waals surface area (Å²) >= 11 is 0. The maximum atomic E-state index is 4.88. The summed E-state index contributed by atoms with van der Waals surface area (Å²) in [6.07, 6.45) is 7.48. The Kier molecular flexibility index (Phi) is 7.16. The Labute approximate surface area is 190 Å². The van der Waals surface area contributed by atoms with E-state index in [4.69, 9.17) is 9.98 Å². The molecule has 1 saturated carbocycles. The number of rotatable bonds is 7. The first-order valence-electron chi connectivity index (χ1n) is 10.2. The number of pyridine rings is 1. The monoisotopic (exact) mass is 503 g/mol. The van der Waals surface area contributed by atoms with E-state index in [1.165, 1.54) is 24.0 Å². The van der Waals surface area contributed by atoms with E-state index in [2.05, 4.69) is 83.7 Å². The molecule has 1 fully saturated rings. The Morgan fingerprint density at radius 2 is 1.93 bits per heavy atom. The molecule has 2 N–H and O–H groups in total. The summed E-state index contributed by atoms with van der Waals surface area (Å²) in [6.45, 7) is 6.71. The van der Waals surface area contributed by atoms with Gasteiger partial charge in [-0.1, -0.05) is 36.4 Å². The van der Waals surface area contributed by atoms with E-state index < -0.39 is 0 Å². The SMILES string of the molecule is CCNC(=NCC1(c2ccccc2)CC1)NCCc1cn2cccc(C)c2n1.I. The summed E-state index contributed by atoms with van der Waals surface area (Å²) in [7, 11) is 0. The Bertz CT molecular complexity index is 960. The van der Waals surface area contributed by atoms with Crippen molar-refractivity contribution in [3.8, 4) is 0 Å². The molecule has 0 atom stereocenters. The maximum absolute atomic E-state index is 4.88. The van der Waals surface area contributed by atoms with Crippen molar-refractivity contribution in [2.24, 2.45) is 4.99 Å². The smallest absolute Gasteiger partial charge is 0.191 e. The summed E-state index contributed by atoms with van der Waals surface area (Å²) in [5, 5.41) is 6.84. The molecule has 1 aromatic carbocycles. The summed E-state index contributed by atoms with van der Waals surface area (Å²) in [5.74, 6) is 0.893.